The topological polar surface area (TPSA) is 0 Å². The van der Waals surface area contributed by atoms with Crippen molar-refractivity contribution in [1.82, 2.24) is 0 Å². The van der Waals surface area contributed by atoms with Crippen molar-refractivity contribution in [2.24, 2.45) is 5.92 Å². The third kappa shape index (κ3) is 27.3. The number of hydrogen-bond acceptors (Lipinski definition) is 0. The van der Waals surface area contributed by atoms with Gasteiger partial charge in [-0.1, -0.05) is 483 Å². The minimum atomic E-state index is 0. The summed E-state index contributed by atoms with van der Waals surface area (Å²) < 4.78 is 0. The molecule has 1 aliphatic rings. The first-order valence-electron chi connectivity index (χ1n) is 43.8. The molecule has 1 saturated carbocycles. The zero-order chi connectivity index (χ0) is 83.2. The Labute approximate surface area is 712 Å². The molecule has 0 heterocycles. The van der Waals surface area contributed by atoms with Crippen molar-refractivity contribution in [3.8, 4) is 11.1 Å². The molecule has 0 saturated heterocycles. The van der Waals surface area contributed by atoms with Gasteiger partial charge >= 0.3 is 0 Å². The largest absolute Gasteiger partial charge is 0.0776 e. The van der Waals surface area contributed by atoms with Gasteiger partial charge in [-0.3, -0.25) is 0 Å². The van der Waals surface area contributed by atoms with Gasteiger partial charge in [0.1, 0.15) is 0 Å². The van der Waals surface area contributed by atoms with Crippen LogP contribution in [-0.4, -0.2) is 0 Å². The van der Waals surface area contributed by atoms with E-state index in [4.69, 9.17) is 0 Å². The summed E-state index contributed by atoms with van der Waals surface area (Å²) in [6, 6.07) is 127. The molecule has 1 aliphatic carbocycles. The van der Waals surface area contributed by atoms with Crippen molar-refractivity contribution in [1.29, 1.82) is 0 Å². The molecule has 0 bridgehead atoms. The summed E-state index contributed by atoms with van der Waals surface area (Å²) >= 11 is 0. The van der Waals surface area contributed by atoms with Crippen LogP contribution in [0.5, 0.6) is 0 Å². The summed E-state index contributed by atoms with van der Waals surface area (Å²) in [5.41, 5.74) is 19.7. The highest BCUT2D eigenvalue weighted by Crippen LogP contribution is 2.35. The summed E-state index contributed by atoms with van der Waals surface area (Å²) in [5, 5.41) is 16.1. The molecule has 0 atom stereocenters. The Morgan fingerprint density at radius 1 is 0.237 bits per heavy atom. The highest BCUT2D eigenvalue weighted by molar-refractivity contribution is 6.07. The Hall–Kier alpha value is -10.9. The molecule has 16 aromatic carbocycles. The maximum atomic E-state index is 2.35. The number of hydrogen-bond donors (Lipinski definition) is 0. The molecule has 16 aromatic rings. The molecule has 1 fully saturated rings. The zero-order valence-electron chi connectivity index (χ0n) is 73.6. The van der Waals surface area contributed by atoms with Crippen LogP contribution in [0.4, 0.5) is 0 Å². The van der Waals surface area contributed by atoms with Gasteiger partial charge < -0.3 is 0 Å². The van der Waals surface area contributed by atoms with E-state index in [-0.39, 0.29) is 7.43 Å². The summed E-state index contributed by atoms with van der Waals surface area (Å²) in [7, 11) is 0. The summed E-state index contributed by atoms with van der Waals surface area (Å²) in [4.78, 5) is 0. The van der Waals surface area contributed by atoms with Crippen LogP contribution in [0.3, 0.4) is 0 Å². The maximum absolute atomic E-state index is 2.35. The number of fused-ring (bicyclic) bond motifs is 7. The van der Waals surface area contributed by atoms with Gasteiger partial charge in [0.2, 0.25) is 0 Å². The Morgan fingerprint density at radius 3 is 1.13 bits per heavy atom. The smallest absolute Gasteiger partial charge is 0.00258 e. The van der Waals surface area contributed by atoms with Crippen molar-refractivity contribution in [3.63, 3.8) is 0 Å². The number of rotatable bonds is 13. The molecule has 0 amide bonds. The SMILES string of the molecule is C.CC(C)c1ccc(-c2ccccc2)cc1.CC(C)c1ccc(C2CCCCC2)cc1.CC(C)c1ccc(Cc2ccccc2)cc1.CC(C)c1ccc2c(ccc3ccccc32)c1.CC(C)c1ccc2ccccc2c1.CC(C)c1cccc2cc3ccccc3cc12.CC(C)c1cccc2ccccc12.Cc1ccc(CC(C)C)cc1. The van der Waals surface area contributed by atoms with E-state index in [2.05, 4.69) is 463 Å². The fraction of sp³-hybridized carbons (Fsp3) is 0.288. The minimum absolute atomic E-state index is 0. The van der Waals surface area contributed by atoms with Gasteiger partial charge in [0.25, 0.3) is 0 Å². The third-order valence-electron chi connectivity index (χ3n) is 22.7. The lowest BCUT2D eigenvalue weighted by atomic mass is 9.83. The molecule has 17 rings (SSSR count). The lowest BCUT2D eigenvalue weighted by Gasteiger charge is -2.22. The van der Waals surface area contributed by atoms with Crippen LogP contribution in [0.25, 0.3) is 75.8 Å². The fourth-order valence-corrected chi connectivity index (χ4v) is 15.5. The Morgan fingerprint density at radius 2 is 0.593 bits per heavy atom. The van der Waals surface area contributed by atoms with Crippen LogP contribution in [0.1, 0.15) is 264 Å². The van der Waals surface area contributed by atoms with Gasteiger partial charge in [0.15, 0.2) is 0 Å². The van der Waals surface area contributed by atoms with Crippen LogP contribution >= 0.6 is 0 Å². The van der Waals surface area contributed by atoms with Gasteiger partial charge in [0, 0.05) is 0 Å². The quantitative estimate of drug-likeness (QED) is 0.0797. The summed E-state index contributed by atoms with van der Waals surface area (Å²) in [6.45, 7) is 38.0. The normalized spacial score (nSPS) is 11.8. The first kappa shape index (κ1) is 91.0. The van der Waals surface area contributed by atoms with Crippen LogP contribution in [0, 0.1) is 12.8 Å². The van der Waals surface area contributed by atoms with Crippen molar-refractivity contribution >= 4 is 64.6 Å². The minimum Gasteiger partial charge on any atom is -0.0776 e. The number of aryl methyl sites for hydroxylation is 1. The van der Waals surface area contributed by atoms with E-state index < -0.39 is 0 Å². The molecule has 0 spiro atoms. The van der Waals surface area contributed by atoms with Gasteiger partial charge in [-0.15, -0.1) is 0 Å². The lowest BCUT2D eigenvalue weighted by Crippen LogP contribution is -2.04. The van der Waals surface area contributed by atoms with Crippen LogP contribution in [0.15, 0.2) is 352 Å². The molecule has 0 heteroatoms. The van der Waals surface area contributed by atoms with Gasteiger partial charge in [0.05, 0.1) is 0 Å². The average Bonchev–Trinajstić information content (AvgIpc) is 0.792. The third-order valence-corrected chi connectivity index (χ3v) is 22.7. The molecule has 118 heavy (non-hydrogen) atoms. The molecule has 608 valence electrons. The molecule has 0 N–H and O–H groups in total. The Balaban J connectivity index is 0.000000154. The molecule has 0 nitrogen and oxygen atoms in total. The van der Waals surface area contributed by atoms with Gasteiger partial charge in [-0.25, -0.2) is 0 Å². The second kappa shape index (κ2) is 46.3. The first-order valence-corrected chi connectivity index (χ1v) is 43.8. The van der Waals surface area contributed by atoms with E-state index in [1.165, 1.54) is 175 Å². The molecule has 0 aromatic heterocycles. The van der Waals surface area contributed by atoms with E-state index in [0.29, 0.717) is 41.4 Å². The second-order valence-electron chi connectivity index (χ2n) is 34.8. The van der Waals surface area contributed by atoms with E-state index in [1.807, 2.05) is 6.07 Å². The Bertz CT molecular complexity index is 5580. The van der Waals surface area contributed by atoms with E-state index >= 15 is 0 Å². The molecule has 0 aliphatic heterocycles. The lowest BCUT2D eigenvalue weighted by molar-refractivity contribution is 0.443. The van der Waals surface area contributed by atoms with E-state index in [9.17, 15) is 0 Å². The predicted octanol–water partition coefficient (Wildman–Crippen LogP) is 35.7. The molecular formula is C118H136. The second-order valence-corrected chi connectivity index (χ2v) is 34.8. The summed E-state index contributed by atoms with van der Waals surface area (Å²) in [5.74, 6) is 5.87. The van der Waals surface area contributed by atoms with Crippen molar-refractivity contribution in [2.45, 2.75) is 217 Å². The van der Waals surface area contributed by atoms with Gasteiger partial charge in [-0.05, 0) is 235 Å². The Kier molecular flexibility index (Phi) is 35.7. The average molecular weight is 1550 g/mol. The maximum Gasteiger partial charge on any atom is -0.00258 e. The van der Waals surface area contributed by atoms with Crippen molar-refractivity contribution in [2.75, 3.05) is 0 Å². The van der Waals surface area contributed by atoms with Crippen molar-refractivity contribution in [3.05, 3.63) is 419 Å². The van der Waals surface area contributed by atoms with E-state index in [1.54, 1.807) is 5.56 Å². The van der Waals surface area contributed by atoms with Crippen molar-refractivity contribution < 1.29 is 0 Å². The first-order chi connectivity index (χ1) is 56.5. The number of benzene rings is 16. The molecule has 0 radical (unpaired) electrons. The highest BCUT2D eigenvalue weighted by Gasteiger charge is 2.16. The summed E-state index contributed by atoms with van der Waals surface area (Å²) in [6.07, 6.45) is 9.33. The zero-order valence-corrected chi connectivity index (χ0v) is 73.6. The molecule has 0 unspecified atom stereocenters. The molecular weight excluding hydrogens is 1420 g/mol. The standard InChI is InChI=1S/2C17H16.C16H18.C15H22.C15H16.2C13H14.C11H16.CH4/c1-12(2)16-9-5-8-15-10-13-6-3-4-7-14(13)11-17(15)16;1-12(2)14-9-10-17-15(11-14)8-7-13-5-3-4-6-16(13)17;1-13(2)16-10-8-15(9-11-16)12-14-6-4-3-5-7-14;2*1-12(2)13-8-10-15(11-9-13)14-6-4-3-5-7-14;1-10(2)12-9-5-7-11-6-3-4-8-13(11)12;1-10(2)12-8-7-11-5-3-4-6-13(11)9-12;1-9(2)8-11-6-4-10(3)5-7-11;/h2*3-12H,1-2H3;3-11,13H,12H2,1-2H3;8-12,14H,3-7H2,1-2H3;3-12H,1-2H3;2*3-10H,1-2H3;4-7,9H,8H2,1-3H3;1H4. The fourth-order valence-electron chi connectivity index (χ4n) is 15.5. The predicted molar refractivity (Wildman–Crippen MR) is 526 cm³/mol. The van der Waals surface area contributed by atoms with Crippen LogP contribution in [0.2, 0.25) is 0 Å². The van der Waals surface area contributed by atoms with Crippen LogP contribution in [-0.2, 0) is 12.8 Å². The van der Waals surface area contributed by atoms with E-state index in [0.717, 1.165) is 18.3 Å². The monoisotopic (exact) mass is 1550 g/mol. The van der Waals surface area contributed by atoms with Gasteiger partial charge in [-0.2, -0.15) is 0 Å². The highest BCUT2D eigenvalue weighted by atomic mass is 14.2. The van der Waals surface area contributed by atoms with Crippen LogP contribution < -0.4 is 0 Å².